The molecule has 5 rings (SSSR count). The number of carboxylic acids is 1. The predicted molar refractivity (Wildman–Crippen MR) is 137 cm³/mol. The van der Waals surface area contributed by atoms with Crippen LogP contribution in [0.15, 0.2) is 65.6 Å². The third-order valence-electron chi connectivity index (χ3n) is 6.49. The molecule has 0 aliphatic rings. The molecule has 1 atom stereocenters. The lowest BCUT2D eigenvalue weighted by Gasteiger charge is -2.17. The number of aliphatic carboxylic acids is 1. The van der Waals surface area contributed by atoms with Crippen LogP contribution in [0.3, 0.4) is 0 Å². The first-order chi connectivity index (χ1) is 16.7. The number of imidazole rings is 1. The Morgan fingerprint density at radius 3 is 2.60 bits per heavy atom. The molecule has 0 bridgehead atoms. The molecule has 3 aromatic heterocycles. The number of pyridine rings is 1. The third-order valence-corrected chi connectivity index (χ3v) is 6.73. The molecule has 0 fully saturated rings. The zero-order chi connectivity index (χ0) is 24.9. The highest BCUT2D eigenvalue weighted by atomic mass is 35.5. The summed E-state index contributed by atoms with van der Waals surface area (Å²) in [5, 5.41) is 11.3. The lowest BCUT2D eigenvalue weighted by atomic mass is 10.0. The van der Waals surface area contributed by atoms with Gasteiger partial charge in [0.2, 0.25) is 0 Å². The van der Waals surface area contributed by atoms with Crippen molar-refractivity contribution in [2.24, 2.45) is 7.05 Å². The Hall–Kier alpha value is -3.84. The summed E-state index contributed by atoms with van der Waals surface area (Å²) >= 11 is 6.22. The monoisotopic (exact) mass is 488 g/mol. The minimum atomic E-state index is -1.01. The molecule has 7 nitrogen and oxygen atoms in total. The molecular weight excluding hydrogens is 464 g/mol. The maximum Gasteiger partial charge on any atom is 0.331 e. The van der Waals surface area contributed by atoms with Crippen molar-refractivity contribution in [3.63, 3.8) is 0 Å². The second-order valence-electron chi connectivity index (χ2n) is 8.94. The van der Waals surface area contributed by atoms with Crippen LogP contribution >= 0.6 is 11.6 Å². The fourth-order valence-corrected chi connectivity index (χ4v) is 5.14. The second-order valence-corrected chi connectivity index (χ2v) is 9.37. The molecule has 178 valence electrons. The number of halogens is 1. The third kappa shape index (κ3) is 4.02. The Balaban J connectivity index is 1.76. The van der Waals surface area contributed by atoms with E-state index in [9.17, 15) is 14.7 Å². The molecule has 0 saturated carbocycles. The number of carbonyl (C=O) groups is 1. The van der Waals surface area contributed by atoms with Gasteiger partial charge < -0.3 is 9.67 Å². The first-order valence-electron chi connectivity index (χ1n) is 11.3. The van der Waals surface area contributed by atoms with Gasteiger partial charge in [-0.3, -0.25) is 13.9 Å². The lowest BCUT2D eigenvalue weighted by Crippen LogP contribution is -2.30. The molecule has 1 N–H and O–H groups in total. The van der Waals surface area contributed by atoms with Crippen LogP contribution in [-0.4, -0.2) is 29.8 Å². The molecule has 0 radical (unpaired) electrons. The summed E-state index contributed by atoms with van der Waals surface area (Å²) in [6.45, 7) is 4.25. The van der Waals surface area contributed by atoms with Gasteiger partial charge in [-0.1, -0.05) is 35.9 Å². The van der Waals surface area contributed by atoms with Gasteiger partial charge in [0.25, 0.3) is 0 Å². The molecule has 0 aliphatic carbocycles. The van der Waals surface area contributed by atoms with Crippen LogP contribution < -0.4 is 5.69 Å². The van der Waals surface area contributed by atoms with Crippen molar-refractivity contribution < 1.29 is 9.90 Å². The molecule has 0 spiro atoms. The van der Waals surface area contributed by atoms with Crippen molar-refractivity contribution in [3.05, 3.63) is 98.7 Å². The molecule has 0 saturated heterocycles. The van der Waals surface area contributed by atoms with Gasteiger partial charge in [-0.05, 0) is 60.9 Å². The smallest absolute Gasteiger partial charge is 0.331 e. The van der Waals surface area contributed by atoms with Crippen LogP contribution in [0.1, 0.15) is 34.8 Å². The predicted octanol–water partition coefficient (Wildman–Crippen LogP) is 5.07. The number of hydrogen-bond acceptors (Lipinski definition) is 3. The van der Waals surface area contributed by atoms with Gasteiger partial charge in [0, 0.05) is 34.9 Å². The Labute approximate surface area is 206 Å². The second kappa shape index (κ2) is 8.74. The number of benzene rings is 2. The SMILES string of the molecule is Cc1ccc2c(n1)n(C(CC(=O)O)c1cccc(Cl)c1)c(=O)n2Cc1cn(C)c2cccc(C)c12. The molecule has 2 aromatic carbocycles. The van der Waals surface area contributed by atoms with Gasteiger partial charge in [0.05, 0.1) is 24.5 Å². The standard InChI is InChI=1S/C27H25ClN4O3/c1-16-6-4-9-21-25(16)19(14-30(21)3)15-31-22-11-10-17(2)29-26(22)32(27(31)35)23(13-24(33)34)18-7-5-8-20(28)12-18/h4-12,14,23H,13,15H2,1-3H3,(H,33,34). The van der Waals surface area contributed by atoms with Crippen molar-refractivity contribution in [2.45, 2.75) is 32.9 Å². The van der Waals surface area contributed by atoms with E-state index in [2.05, 4.69) is 28.6 Å². The number of aromatic nitrogens is 4. The Morgan fingerprint density at radius 2 is 1.86 bits per heavy atom. The summed E-state index contributed by atoms with van der Waals surface area (Å²) in [5.41, 5.74) is 5.42. The molecule has 3 heterocycles. The highest BCUT2D eigenvalue weighted by molar-refractivity contribution is 6.30. The highest BCUT2D eigenvalue weighted by Crippen LogP contribution is 2.29. The van der Waals surface area contributed by atoms with Crippen molar-refractivity contribution in [1.82, 2.24) is 18.7 Å². The van der Waals surface area contributed by atoms with Gasteiger partial charge in [-0.25, -0.2) is 9.78 Å². The van der Waals surface area contributed by atoms with Crippen LogP contribution in [0, 0.1) is 13.8 Å². The maximum absolute atomic E-state index is 14.0. The van der Waals surface area contributed by atoms with E-state index < -0.39 is 12.0 Å². The van der Waals surface area contributed by atoms with Gasteiger partial charge in [0.1, 0.15) is 0 Å². The quantitative estimate of drug-likeness (QED) is 0.361. The van der Waals surface area contributed by atoms with E-state index in [1.54, 1.807) is 28.8 Å². The molecular formula is C27H25ClN4O3. The normalized spacial score (nSPS) is 12.5. The summed E-state index contributed by atoms with van der Waals surface area (Å²) in [4.78, 5) is 30.5. The molecule has 0 amide bonds. The van der Waals surface area contributed by atoms with E-state index in [4.69, 9.17) is 11.6 Å². The van der Waals surface area contributed by atoms with E-state index in [-0.39, 0.29) is 12.1 Å². The summed E-state index contributed by atoms with van der Waals surface area (Å²) in [7, 11) is 1.99. The van der Waals surface area contributed by atoms with Crippen LogP contribution in [0.4, 0.5) is 0 Å². The summed E-state index contributed by atoms with van der Waals surface area (Å²) in [6.07, 6.45) is 1.77. The number of aryl methyl sites for hydroxylation is 3. The van der Waals surface area contributed by atoms with E-state index >= 15 is 0 Å². The summed E-state index contributed by atoms with van der Waals surface area (Å²) in [5.74, 6) is -1.01. The average molecular weight is 489 g/mol. The van der Waals surface area contributed by atoms with Gasteiger partial charge in [-0.2, -0.15) is 0 Å². The summed E-state index contributed by atoms with van der Waals surface area (Å²) in [6, 6.07) is 16.1. The zero-order valence-electron chi connectivity index (χ0n) is 19.7. The Kier molecular flexibility index (Phi) is 5.73. The number of fused-ring (bicyclic) bond motifs is 2. The number of carboxylic acid groups (broad SMARTS) is 1. The first-order valence-corrected chi connectivity index (χ1v) is 11.7. The largest absolute Gasteiger partial charge is 0.481 e. The fraction of sp³-hybridized carbons (Fsp3) is 0.222. The van der Waals surface area contributed by atoms with Crippen molar-refractivity contribution in [3.8, 4) is 0 Å². The van der Waals surface area contributed by atoms with Crippen molar-refractivity contribution in [1.29, 1.82) is 0 Å². The topological polar surface area (TPSA) is 82.1 Å². The van der Waals surface area contributed by atoms with Crippen LogP contribution in [0.2, 0.25) is 5.02 Å². The fourth-order valence-electron chi connectivity index (χ4n) is 4.94. The van der Waals surface area contributed by atoms with Crippen LogP contribution in [-0.2, 0) is 18.4 Å². The minimum Gasteiger partial charge on any atom is -0.481 e. The van der Waals surface area contributed by atoms with E-state index in [1.807, 2.05) is 38.4 Å². The first kappa shape index (κ1) is 22.9. The number of nitrogens with zero attached hydrogens (tertiary/aromatic N) is 4. The Bertz CT molecular complexity index is 1660. The Morgan fingerprint density at radius 1 is 1.09 bits per heavy atom. The maximum atomic E-state index is 14.0. The van der Waals surface area contributed by atoms with Gasteiger partial charge in [0.15, 0.2) is 5.65 Å². The highest BCUT2D eigenvalue weighted by Gasteiger charge is 2.26. The van der Waals surface area contributed by atoms with Crippen LogP contribution in [0.5, 0.6) is 0 Å². The number of hydrogen-bond donors (Lipinski definition) is 1. The average Bonchev–Trinajstić information content (AvgIpc) is 3.26. The van der Waals surface area contributed by atoms with Crippen LogP contribution in [0.25, 0.3) is 22.1 Å². The molecule has 35 heavy (non-hydrogen) atoms. The summed E-state index contributed by atoms with van der Waals surface area (Å²) < 4.78 is 5.24. The van der Waals surface area contributed by atoms with Gasteiger partial charge in [-0.15, -0.1) is 0 Å². The molecule has 0 aliphatic heterocycles. The zero-order valence-corrected chi connectivity index (χ0v) is 20.5. The van der Waals surface area contributed by atoms with E-state index in [1.165, 1.54) is 4.57 Å². The number of rotatable bonds is 6. The van der Waals surface area contributed by atoms with Gasteiger partial charge >= 0.3 is 11.7 Å². The molecule has 1 unspecified atom stereocenters. The lowest BCUT2D eigenvalue weighted by molar-refractivity contribution is -0.137. The molecule has 5 aromatic rings. The van der Waals surface area contributed by atoms with E-state index in [0.29, 0.717) is 28.3 Å². The van der Waals surface area contributed by atoms with Crippen molar-refractivity contribution >= 4 is 39.6 Å². The molecule has 8 heteroatoms. The van der Waals surface area contributed by atoms with Crippen molar-refractivity contribution in [2.75, 3.05) is 0 Å². The minimum absolute atomic E-state index is 0.275. The van der Waals surface area contributed by atoms with E-state index in [0.717, 1.165) is 27.7 Å².